The van der Waals surface area contributed by atoms with Crippen LogP contribution in [0.3, 0.4) is 0 Å². The van der Waals surface area contributed by atoms with Gasteiger partial charge in [0.15, 0.2) is 5.75 Å². The van der Waals surface area contributed by atoms with Gasteiger partial charge in [0.2, 0.25) is 11.5 Å². The van der Waals surface area contributed by atoms with Crippen LogP contribution in [0.15, 0.2) is 12.1 Å². The third kappa shape index (κ3) is 1.13. The first kappa shape index (κ1) is 7.99. The highest BCUT2D eigenvalue weighted by Crippen LogP contribution is 2.46. The summed E-state index contributed by atoms with van der Waals surface area (Å²) in [6.07, 6.45) is 0. The molecule has 1 aromatic rings. The van der Waals surface area contributed by atoms with Crippen molar-refractivity contribution in [1.29, 1.82) is 0 Å². The van der Waals surface area contributed by atoms with Crippen LogP contribution in [0.2, 0.25) is 0 Å². The number of rotatable bonds is 0. The average molecular weight is 203 g/mol. The molecule has 0 bridgehead atoms. The molecular weight excluding hydrogens is 198 g/mol. The van der Waals surface area contributed by atoms with E-state index in [1.165, 1.54) is 12.1 Å². The van der Waals surface area contributed by atoms with Gasteiger partial charge >= 0.3 is 10.4 Å². The molecule has 7 heteroatoms. The van der Waals surface area contributed by atoms with Gasteiger partial charge in [-0.3, -0.25) is 0 Å². The Kier molecular flexibility index (Phi) is 1.35. The van der Waals surface area contributed by atoms with Crippen LogP contribution in [-0.4, -0.2) is 13.5 Å². The summed E-state index contributed by atoms with van der Waals surface area (Å²) in [5, 5.41) is 9.16. The molecule has 0 saturated carbocycles. The summed E-state index contributed by atoms with van der Waals surface area (Å²) in [4.78, 5) is 0. The Bertz CT molecular complexity index is 429. The van der Waals surface area contributed by atoms with Gasteiger partial charge < -0.3 is 19.2 Å². The molecule has 0 atom stereocenters. The molecule has 0 aliphatic carbocycles. The number of anilines is 1. The Morgan fingerprint density at radius 2 is 1.85 bits per heavy atom. The summed E-state index contributed by atoms with van der Waals surface area (Å²) in [6.45, 7) is 0. The quantitative estimate of drug-likeness (QED) is 0.454. The fourth-order valence-electron chi connectivity index (χ4n) is 0.955. The number of hydrogen-bond acceptors (Lipinski definition) is 6. The van der Waals surface area contributed by atoms with Crippen LogP contribution in [0.4, 0.5) is 5.69 Å². The predicted molar refractivity (Wildman–Crippen MR) is 42.7 cm³/mol. The Balaban J connectivity index is 2.69. The van der Waals surface area contributed by atoms with E-state index in [1.54, 1.807) is 0 Å². The largest absolute Gasteiger partial charge is 0.504 e. The van der Waals surface area contributed by atoms with Crippen LogP contribution >= 0.6 is 0 Å². The van der Waals surface area contributed by atoms with Gasteiger partial charge in [0.1, 0.15) is 0 Å². The van der Waals surface area contributed by atoms with Gasteiger partial charge in [-0.05, 0) is 12.1 Å². The highest BCUT2D eigenvalue weighted by molar-refractivity contribution is 7.82. The molecule has 1 aliphatic heterocycles. The summed E-state index contributed by atoms with van der Waals surface area (Å²) in [5.41, 5.74) is 5.47. The van der Waals surface area contributed by atoms with Gasteiger partial charge in [-0.25, -0.2) is 0 Å². The summed E-state index contributed by atoms with van der Waals surface area (Å²) in [6, 6.07) is 2.54. The molecule has 0 fully saturated rings. The number of aromatic hydroxyl groups is 1. The second-order valence-corrected chi connectivity index (χ2v) is 3.56. The Hall–Kier alpha value is -1.63. The van der Waals surface area contributed by atoms with E-state index in [-0.39, 0.29) is 22.9 Å². The number of hydrogen-bond donors (Lipinski definition) is 2. The average Bonchev–Trinajstić information content (AvgIpc) is 2.35. The molecule has 3 N–H and O–H groups in total. The first-order valence-corrected chi connectivity index (χ1v) is 4.58. The van der Waals surface area contributed by atoms with E-state index >= 15 is 0 Å². The molecule has 1 aliphatic rings. The molecule has 0 spiro atoms. The molecule has 70 valence electrons. The van der Waals surface area contributed by atoms with Crippen molar-refractivity contribution in [3.8, 4) is 17.2 Å². The van der Waals surface area contributed by atoms with Crippen molar-refractivity contribution >= 4 is 16.1 Å². The SMILES string of the molecule is Nc1ccc(O)c2c1OS(=O)(=O)O2. The van der Waals surface area contributed by atoms with Gasteiger partial charge in [-0.1, -0.05) is 0 Å². The molecule has 0 radical (unpaired) electrons. The molecule has 1 heterocycles. The van der Waals surface area contributed by atoms with Crippen molar-refractivity contribution < 1.29 is 21.9 Å². The molecule has 2 rings (SSSR count). The van der Waals surface area contributed by atoms with Crippen molar-refractivity contribution in [2.24, 2.45) is 0 Å². The van der Waals surface area contributed by atoms with Crippen LogP contribution < -0.4 is 14.1 Å². The zero-order valence-corrected chi connectivity index (χ0v) is 7.04. The number of benzene rings is 1. The summed E-state index contributed by atoms with van der Waals surface area (Å²) in [7, 11) is -4.09. The molecule has 0 saturated heterocycles. The smallest absolute Gasteiger partial charge is 0.501 e. The normalized spacial score (nSPS) is 17.2. The summed E-state index contributed by atoms with van der Waals surface area (Å²) < 4.78 is 30.3. The number of fused-ring (bicyclic) bond motifs is 1. The lowest BCUT2D eigenvalue weighted by molar-refractivity contribution is 0.419. The maximum Gasteiger partial charge on any atom is 0.501 e. The lowest BCUT2D eigenvalue weighted by atomic mass is 10.2. The van der Waals surface area contributed by atoms with E-state index in [2.05, 4.69) is 8.37 Å². The molecule has 0 unspecified atom stereocenters. The fraction of sp³-hybridized carbons (Fsp3) is 0. The topological polar surface area (TPSA) is 98.9 Å². The van der Waals surface area contributed by atoms with Crippen LogP contribution in [0, 0.1) is 0 Å². The molecule has 0 amide bonds. The van der Waals surface area contributed by atoms with Gasteiger partial charge in [0, 0.05) is 0 Å². The molecule has 1 aromatic carbocycles. The molecule has 13 heavy (non-hydrogen) atoms. The second kappa shape index (κ2) is 2.19. The number of phenols is 1. The van der Waals surface area contributed by atoms with Gasteiger partial charge in [-0.2, -0.15) is 0 Å². The zero-order valence-electron chi connectivity index (χ0n) is 6.22. The van der Waals surface area contributed by atoms with E-state index in [9.17, 15) is 8.42 Å². The maximum absolute atomic E-state index is 10.8. The van der Waals surface area contributed by atoms with Crippen molar-refractivity contribution in [2.45, 2.75) is 0 Å². The minimum absolute atomic E-state index is 0.0916. The predicted octanol–water partition coefficient (Wildman–Crippen LogP) is -0.00960. The highest BCUT2D eigenvalue weighted by atomic mass is 32.3. The van der Waals surface area contributed by atoms with Crippen molar-refractivity contribution in [3.63, 3.8) is 0 Å². The van der Waals surface area contributed by atoms with Gasteiger partial charge in [0.05, 0.1) is 5.69 Å². The van der Waals surface area contributed by atoms with Crippen LogP contribution in [0.1, 0.15) is 0 Å². The monoisotopic (exact) mass is 203 g/mol. The van der Waals surface area contributed by atoms with Crippen LogP contribution in [0.25, 0.3) is 0 Å². The van der Waals surface area contributed by atoms with Crippen molar-refractivity contribution in [2.75, 3.05) is 5.73 Å². The maximum atomic E-state index is 10.8. The van der Waals surface area contributed by atoms with E-state index in [0.29, 0.717) is 0 Å². The lowest BCUT2D eigenvalue weighted by Crippen LogP contribution is -2.08. The summed E-state index contributed by atoms with van der Waals surface area (Å²) in [5.74, 6) is -0.759. The van der Waals surface area contributed by atoms with Crippen molar-refractivity contribution in [3.05, 3.63) is 12.1 Å². The van der Waals surface area contributed by atoms with E-state index in [0.717, 1.165) is 0 Å². The van der Waals surface area contributed by atoms with E-state index in [1.807, 2.05) is 0 Å². The Morgan fingerprint density at radius 3 is 2.46 bits per heavy atom. The second-order valence-electron chi connectivity index (χ2n) is 2.41. The van der Waals surface area contributed by atoms with Crippen LogP contribution in [-0.2, 0) is 10.4 Å². The third-order valence-corrected chi connectivity index (χ3v) is 2.23. The number of phenolic OH excluding ortho intramolecular Hbond substituents is 1. The fourth-order valence-corrected chi connectivity index (χ4v) is 1.73. The van der Waals surface area contributed by atoms with E-state index < -0.39 is 10.4 Å². The van der Waals surface area contributed by atoms with Gasteiger partial charge in [-0.15, -0.1) is 8.42 Å². The van der Waals surface area contributed by atoms with Crippen LogP contribution in [0.5, 0.6) is 17.2 Å². The minimum atomic E-state index is -4.09. The lowest BCUT2D eigenvalue weighted by Gasteiger charge is -1.98. The Labute approximate surface area is 73.8 Å². The third-order valence-electron chi connectivity index (χ3n) is 1.49. The summed E-state index contributed by atoms with van der Waals surface area (Å²) >= 11 is 0. The molecule has 6 nitrogen and oxygen atoms in total. The minimum Gasteiger partial charge on any atom is -0.504 e. The standard InChI is InChI=1S/C6H5NO5S/c7-3-1-2-4(8)6-5(3)11-13(9,10)12-6/h1-2,8H,7H2. The number of nitrogen functional groups attached to an aromatic ring is 1. The van der Waals surface area contributed by atoms with Gasteiger partial charge in [0.25, 0.3) is 0 Å². The van der Waals surface area contributed by atoms with E-state index in [4.69, 9.17) is 10.8 Å². The van der Waals surface area contributed by atoms with Crippen molar-refractivity contribution in [1.82, 2.24) is 0 Å². The molecular formula is C6H5NO5S. The Morgan fingerprint density at radius 1 is 1.23 bits per heavy atom. The first-order valence-electron chi connectivity index (χ1n) is 3.25. The number of nitrogens with two attached hydrogens (primary N) is 1. The molecule has 0 aromatic heterocycles. The first-order chi connectivity index (χ1) is 5.99. The highest BCUT2D eigenvalue weighted by Gasteiger charge is 2.33. The zero-order chi connectivity index (χ0) is 9.64.